The van der Waals surface area contributed by atoms with E-state index in [0.29, 0.717) is 16.4 Å². The fourth-order valence-corrected chi connectivity index (χ4v) is 2.70. The summed E-state index contributed by atoms with van der Waals surface area (Å²) in [6.07, 6.45) is 1.36. The number of rotatable bonds is 3. The summed E-state index contributed by atoms with van der Waals surface area (Å²) < 4.78 is 54.7. The third-order valence-corrected chi connectivity index (χ3v) is 3.83. The summed E-state index contributed by atoms with van der Waals surface area (Å²) in [5.41, 5.74) is 0.660. The number of H-pyrrole nitrogens is 1. The van der Waals surface area contributed by atoms with E-state index in [1.165, 1.54) is 29.1 Å². The third-order valence-electron chi connectivity index (χ3n) is 3.83. The van der Waals surface area contributed by atoms with Crippen LogP contribution in [0.25, 0.3) is 27.5 Å². The van der Waals surface area contributed by atoms with Crippen LogP contribution in [0.4, 0.5) is 0 Å². The SMILES string of the molecule is [2H]C([2H])([2H])Oc1ccc2c(c1)ncc1c(=O)n(-c3ccccc3OC([2H])([2H])[2H])[nH]c12. The second-order valence-corrected chi connectivity index (χ2v) is 5.15. The molecule has 6 nitrogen and oxygen atoms in total. The van der Waals surface area contributed by atoms with Crippen LogP contribution in [0, 0.1) is 0 Å². The molecule has 0 aliphatic heterocycles. The third kappa shape index (κ3) is 2.04. The number of nitrogens with zero attached hydrogens (tertiary/aromatic N) is 2. The Labute approximate surface area is 145 Å². The van der Waals surface area contributed by atoms with Crippen LogP contribution in [0.5, 0.6) is 11.5 Å². The summed E-state index contributed by atoms with van der Waals surface area (Å²) in [6, 6.07) is 10.8. The Kier molecular flexibility index (Phi) is 2.06. The molecule has 0 radical (unpaired) electrons. The Hall–Kier alpha value is -3.28. The first-order valence-electron chi connectivity index (χ1n) is 10.0. The van der Waals surface area contributed by atoms with Gasteiger partial charge in [-0.25, -0.2) is 4.68 Å². The average Bonchev–Trinajstić information content (AvgIpc) is 2.96. The average molecular weight is 327 g/mol. The van der Waals surface area contributed by atoms with Gasteiger partial charge in [0.2, 0.25) is 0 Å². The van der Waals surface area contributed by atoms with Crippen LogP contribution in [0.1, 0.15) is 8.22 Å². The zero-order chi connectivity index (χ0) is 21.7. The molecule has 0 unspecified atom stereocenters. The lowest BCUT2D eigenvalue weighted by Crippen LogP contribution is -2.15. The quantitative estimate of drug-likeness (QED) is 0.628. The van der Waals surface area contributed by atoms with Crippen LogP contribution >= 0.6 is 0 Å². The Morgan fingerprint density at radius 1 is 1.12 bits per heavy atom. The van der Waals surface area contributed by atoms with Crippen LogP contribution in [0.2, 0.25) is 0 Å². The van der Waals surface area contributed by atoms with Crippen molar-refractivity contribution in [2.75, 3.05) is 14.1 Å². The van der Waals surface area contributed by atoms with Gasteiger partial charge in [0.05, 0.1) is 38.7 Å². The zero-order valence-corrected chi connectivity index (χ0v) is 12.2. The van der Waals surface area contributed by atoms with E-state index in [1.54, 1.807) is 24.3 Å². The monoisotopic (exact) mass is 327 g/mol. The number of nitrogens with one attached hydrogen (secondary N) is 1. The summed E-state index contributed by atoms with van der Waals surface area (Å²) >= 11 is 0. The topological polar surface area (TPSA) is 69.1 Å². The smallest absolute Gasteiger partial charge is 0.280 e. The van der Waals surface area contributed by atoms with Gasteiger partial charge in [-0.3, -0.25) is 14.9 Å². The summed E-state index contributed by atoms with van der Waals surface area (Å²) in [5, 5.41) is 3.80. The largest absolute Gasteiger partial charge is 0.497 e. The molecule has 1 N–H and O–H groups in total. The number of methoxy groups -OCH3 is 2. The van der Waals surface area contributed by atoms with Crippen molar-refractivity contribution >= 4 is 21.8 Å². The summed E-state index contributed by atoms with van der Waals surface area (Å²) in [6.45, 7) is 0. The number of para-hydroxylation sites is 2. The normalized spacial score (nSPS) is 15.8. The Bertz CT molecular complexity index is 1310. The second kappa shape index (κ2) is 5.42. The van der Waals surface area contributed by atoms with E-state index in [-0.39, 0.29) is 22.6 Å². The molecule has 0 aliphatic rings. The first-order valence-corrected chi connectivity index (χ1v) is 7.03. The number of aromatic nitrogens is 3. The van der Waals surface area contributed by atoms with E-state index >= 15 is 0 Å². The Morgan fingerprint density at radius 2 is 2.00 bits per heavy atom. The number of hydrogen-bond donors (Lipinski definition) is 1. The van der Waals surface area contributed by atoms with Crippen molar-refractivity contribution in [3.8, 4) is 17.2 Å². The van der Waals surface area contributed by atoms with Crippen molar-refractivity contribution in [3.05, 3.63) is 59.0 Å². The predicted octanol–water partition coefficient (Wildman–Crippen LogP) is 2.88. The molecule has 0 saturated carbocycles. The molecule has 0 spiro atoms. The van der Waals surface area contributed by atoms with Crippen LogP contribution in [0.3, 0.4) is 0 Å². The van der Waals surface area contributed by atoms with E-state index in [1.807, 2.05) is 0 Å². The van der Waals surface area contributed by atoms with Crippen molar-refractivity contribution in [1.29, 1.82) is 0 Å². The molecule has 0 amide bonds. The van der Waals surface area contributed by atoms with Crippen LogP contribution in [0.15, 0.2) is 53.5 Å². The highest BCUT2D eigenvalue weighted by Gasteiger charge is 2.14. The van der Waals surface area contributed by atoms with E-state index in [9.17, 15) is 4.79 Å². The fourth-order valence-electron chi connectivity index (χ4n) is 2.70. The van der Waals surface area contributed by atoms with Crippen molar-refractivity contribution in [3.63, 3.8) is 0 Å². The van der Waals surface area contributed by atoms with Gasteiger partial charge < -0.3 is 9.47 Å². The summed E-state index contributed by atoms with van der Waals surface area (Å²) in [7, 11) is -5.28. The highest BCUT2D eigenvalue weighted by molar-refractivity contribution is 6.03. The molecule has 0 fully saturated rings. The maximum absolute atomic E-state index is 12.9. The van der Waals surface area contributed by atoms with Gasteiger partial charge in [-0.05, 0) is 24.3 Å². The van der Waals surface area contributed by atoms with Crippen LogP contribution in [-0.4, -0.2) is 28.8 Å². The summed E-state index contributed by atoms with van der Waals surface area (Å²) in [4.78, 5) is 17.2. The molecule has 4 rings (SSSR count). The van der Waals surface area contributed by atoms with E-state index < -0.39 is 19.6 Å². The predicted molar refractivity (Wildman–Crippen MR) is 92.3 cm³/mol. The van der Waals surface area contributed by atoms with Gasteiger partial charge in [0.15, 0.2) is 0 Å². The maximum atomic E-state index is 12.9. The lowest BCUT2D eigenvalue weighted by atomic mass is 10.1. The van der Waals surface area contributed by atoms with Crippen LogP contribution in [-0.2, 0) is 0 Å². The van der Waals surface area contributed by atoms with Gasteiger partial charge >= 0.3 is 0 Å². The number of ether oxygens (including phenoxy) is 2. The molecule has 0 atom stereocenters. The van der Waals surface area contributed by atoms with Gasteiger partial charge in [-0.1, -0.05) is 12.1 Å². The number of benzene rings is 2. The van der Waals surface area contributed by atoms with Gasteiger partial charge in [0, 0.05) is 17.6 Å². The molecular weight excluding hydrogens is 306 g/mol. The molecule has 6 heteroatoms. The fraction of sp³-hybridized carbons (Fsp3) is 0.111. The van der Waals surface area contributed by atoms with Crippen LogP contribution < -0.4 is 15.0 Å². The Morgan fingerprint density at radius 3 is 2.88 bits per heavy atom. The molecule has 0 aliphatic carbocycles. The van der Waals surface area contributed by atoms with Gasteiger partial charge in [0.1, 0.15) is 17.2 Å². The van der Waals surface area contributed by atoms with Crippen molar-refractivity contribution < 1.29 is 17.7 Å². The number of aromatic amines is 1. The minimum absolute atomic E-state index is 0.0109. The summed E-state index contributed by atoms with van der Waals surface area (Å²) in [5.74, 6) is 0.129. The standard InChI is InChI=1S/C18H15N3O3/c1-23-11-7-8-12-14(9-11)19-10-13-17(12)20-21(18(13)22)15-5-3-4-6-16(15)24-2/h3-10,20H,1-2H3/i1D3,2D3. The molecular formula is C18H15N3O3. The van der Waals surface area contributed by atoms with Gasteiger partial charge in [-0.2, -0.15) is 0 Å². The first-order chi connectivity index (χ1) is 14.0. The molecule has 2 aromatic heterocycles. The van der Waals surface area contributed by atoms with Crippen molar-refractivity contribution in [2.45, 2.75) is 0 Å². The molecule has 24 heavy (non-hydrogen) atoms. The van der Waals surface area contributed by atoms with Gasteiger partial charge in [-0.15, -0.1) is 0 Å². The highest BCUT2D eigenvalue weighted by Crippen LogP contribution is 2.26. The van der Waals surface area contributed by atoms with Crippen molar-refractivity contribution in [2.24, 2.45) is 0 Å². The van der Waals surface area contributed by atoms with E-state index in [2.05, 4.69) is 10.1 Å². The van der Waals surface area contributed by atoms with Gasteiger partial charge in [0.25, 0.3) is 5.56 Å². The minimum atomic E-state index is -2.68. The number of pyridine rings is 1. The number of hydrogen-bond acceptors (Lipinski definition) is 4. The highest BCUT2D eigenvalue weighted by atomic mass is 16.5. The first kappa shape index (κ1) is 9.12. The second-order valence-electron chi connectivity index (χ2n) is 5.15. The molecule has 2 heterocycles. The molecule has 0 saturated heterocycles. The molecule has 4 aromatic rings. The van der Waals surface area contributed by atoms with E-state index in [0.717, 1.165) is 0 Å². The lowest BCUT2D eigenvalue weighted by Gasteiger charge is -2.07. The molecule has 120 valence electrons. The zero-order valence-electron chi connectivity index (χ0n) is 18.2. The Balaban J connectivity index is 1.87. The minimum Gasteiger partial charge on any atom is -0.497 e. The maximum Gasteiger partial charge on any atom is 0.280 e. The lowest BCUT2D eigenvalue weighted by molar-refractivity contribution is 0.411. The van der Waals surface area contributed by atoms with Crippen molar-refractivity contribution in [1.82, 2.24) is 14.8 Å². The number of fused-ring (bicyclic) bond motifs is 3. The molecule has 0 bridgehead atoms. The van der Waals surface area contributed by atoms with E-state index in [4.69, 9.17) is 17.7 Å². The molecule has 2 aromatic carbocycles.